The van der Waals surface area contributed by atoms with Gasteiger partial charge in [0.15, 0.2) is 0 Å². The quantitative estimate of drug-likeness (QED) is 0.358. The van der Waals surface area contributed by atoms with Gasteiger partial charge in [-0.15, -0.1) is 0 Å². The Balaban J connectivity index is 2.01. The molecule has 0 bridgehead atoms. The summed E-state index contributed by atoms with van der Waals surface area (Å²) in [6.07, 6.45) is 12.9. The molecule has 0 aliphatic rings. The molecule has 0 radical (unpaired) electrons. The molecule has 120 valence electrons. The maximum atomic E-state index is 5.65. The van der Waals surface area contributed by atoms with Crippen LogP contribution in [0.2, 0.25) is 5.32 Å². The molecule has 0 aliphatic heterocycles. The molecule has 0 heterocycles. The van der Waals surface area contributed by atoms with Crippen LogP contribution in [0, 0.1) is 0 Å². The van der Waals surface area contributed by atoms with Crippen molar-refractivity contribution in [3.8, 4) is 0 Å². The van der Waals surface area contributed by atoms with Gasteiger partial charge in [-0.1, -0.05) is 0 Å². The molecule has 1 rings (SSSR count). The summed E-state index contributed by atoms with van der Waals surface area (Å²) in [5.41, 5.74) is 0. The topological polar surface area (TPSA) is 9.23 Å². The van der Waals surface area contributed by atoms with Gasteiger partial charge in [0.25, 0.3) is 0 Å². The number of rotatable bonds is 13. The van der Waals surface area contributed by atoms with Crippen LogP contribution >= 0.6 is 0 Å². The Kier molecular flexibility index (Phi) is 11.9. The molecule has 0 aromatic heterocycles. The predicted octanol–water partition coefficient (Wildman–Crippen LogP) is 4.98. The first kappa shape index (κ1) is 18.7. The van der Waals surface area contributed by atoms with Crippen LogP contribution in [-0.2, 0) is 4.74 Å². The summed E-state index contributed by atoms with van der Waals surface area (Å²) in [5, 5.41) is 1.21. The Morgan fingerprint density at radius 1 is 0.905 bits per heavy atom. The van der Waals surface area contributed by atoms with Crippen molar-refractivity contribution in [2.45, 2.75) is 76.1 Å². The van der Waals surface area contributed by atoms with Crippen LogP contribution in [0.25, 0.3) is 0 Å². The summed E-state index contributed by atoms with van der Waals surface area (Å²) in [7, 11) is 1.87. The summed E-state index contributed by atoms with van der Waals surface area (Å²) >= 11 is 0.558. The van der Waals surface area contributed by atoms with E-state index in [-0.39, 0.29) is 0 Å². The molecule has 1 aromatic carbocycles. The Morgan fingerprint density at radius 2 is 1.52 bits per heavy atom. The Bertz CT molecular complexity index is 326. The van der Waals surface area contributed by atoms with Gasteiger partial charge >= 0.3 is 138 Å². The van der Waals surface area contributed by atoms with E-state index in [4.69, 9.17) is 4.74 Å². The minimum absolute atomic E-state index is 0.463. The Hall–Kier alpha value is -0.301. The van der Waals surface area contributed by atoms with Crippen molar-refractivity contribution < 1.29 is 4.74 Å². The van der Waals surface area contributed by atoms with E-state index in [2.05, 4.69) is 37.3 Å². The zero-order valence-corrected chi connectivity index (χ0v) is 15.6. The third-order valence-electron chi connectivity index (χ3n) is 3.89. The molecular formula is C19H32OSe. The van der Waals surface area contributed by atoms with Crippen molar-refractivity contribution in [2.75, 3.05) is 7.11 Å². The summed E-state index contributed by atoms with van der Waals surface area (Å²) in [4.78, 5) is 0. The number of hydrogen-bond donors (Lipinski definition) is 0. The van der Waals surface area contributed by atoms with Crippen LogP contribution in [0.4, 0.5) is 0 Å². The molecule has 0 aliphatic carbocycles. The fourth-order valence-electron chi connectivity index (χ4n) is 2.48. The molecular weight excluding hydrogens is 323 g/mol. The van der Waals surface area contributed by atoms with Crippen molar-refractivity contribution in [1.29, 1.82) is 0 Å². The van der Waals surface area contributed by atoms with E-state index in [0.29, 0.717) is 21.1 Å². The number of ether oxygens (including phenoxy) is 1. The van der Waals surface area contributed by atoms with E-state index in [1.807, 2.05) is 7.11 Å². The predicted molar refractivity (Wildman–Crippen MR) is 94.7 cm³/mol. The molecule has 1 atom stereocenters. The van der Waals surface area contributed by atoms with Gasteiger partial charge in [-0.2, -0.15) is 0 Å². The van der Waals surface area contributed by atoms with Crippen molar-refractivity contribution in [3.05, 3.63) is 30.3 Å². The third-order valence-corrected chi connectivity index (χ3v) is 6.29. The molecule has 0 fully saturated rings. The second-order valence-corrected chi connectivity index (χ2v) is 8.04. The normalized spacial score (nSPS) is 12.5. The molecule has 0 spiro atoms. The summed E-state index contributed by atoms with van der Waals surface area (Å²) in [5.74, 6) is 0. The van der Waals surface area contributed by atoms with Gasteiger partial charge in [-0.25, -0.2) is 0 Å². The molecule has 0 amide bonds. The van der Waals surface area contributed by atoms with Crippen LogP contribution in [0.1, 0.15) is 64.7 Å². The van der Waals surface area contributed by atoms with E-state index >= 15 is 0 Å². The fraction of sp³-hybridized carbons (Fsp3) is 0.684. The number of methoxy groups -OCH3 is 1. The zero-order chi connectivity index (χ0) is 15.2. The first-order chi connectivity index (χ1) is 10.4. The van der Waals surface area contributed by atoms with Gasteiger partial charge in [0.1, 0.15) is 0 Å². The van der Waals surface area contributed by atoms with E-state index in [1.165, 1.54) is 67.6 Å². The molecule has 21 heavy (non-hydrogen) atoms. The molecule has 2 heteroatoms. The molecule has 1 nitrogen and oxygen atoms in total. The first-order valence-electron chi connectivity index (χ1n) is 8.57. The average molecular weight is 355 g/mol. The van der Waals surface area contributed by atoms with Gasteiger partial charge < -0.3 is 0 Å². The SMILES string of the molecule is CCCCCCCCCCC(C[Se]c1ccccc1)OC. The second kappa shape index (κ2) is 13.4. The van der Waals surface area contributed by atoms with Crippen molar-refractivity contribution >= 4 is 19.4 Å². The molecule has 0 saturated heterocycles. The van der Waals surface area contributed by atoms with Crippen LogP contribution in [0.3, 0.4) is 0 Å². The van der Waals surface area contributed by atoms with E-state index in [9.17, 15) is 0 Å². The summed E-state index contributed by atoms with van der Waals surface area (Å²) in [6, 6.07) is 10.8. The Morgan fingerprint density at radius 3 is 2.14 bits per heavy atom. The molecule has 0 saturated carbocycles. The monoisotopic (exact) mass is 356 g/mol. The minimum atomic E-state index is 0.463. The van der Waals surface area contributed by atoms with Crippen LogP contribution in [-0.4, -0.2) is 28.2 Å². The first-order valence-corrected chi connectivity index (χ1v) is 10.6. The second-order valence-electron chi connectivity index (χ2n) is 5.75. The fourth-order valence-corrected chi connectivity index (χ4v) is 4.64. The van der Waals surface area contributed by atoms with Crippen molar-refractivity contribution in [2.24, 2.45) is 0 Å². The Labute approximate surface area is 138 Å². The van der Waals surface area contributed by atoms with Crippen molar-refractivity contribution in [3.63, 3.8) is 0 Å². The third kappa shape index (κ3) is 10.1. The van der Waals surface area contributed by atoms with Crippen LogP contribution in [0.15, 0.2) is 30.3 Å². The van der Waals surface area contributed by atoms with Gasteiger partial charge in [0.05, 0.1) is 0 Å². The molecule has 1 unspecified atom stereocenters. The molecule has 1 aromatic rings. The number of hydrogen-bond acceptors (Lipinski definition) is 1. The van der Waals surface area contributed by atoms with Crippen LogP contribution < -0.4 is 4.46 Å². The standard InChI is InChI=1S/C19H32OSe/c1-3-4-5-6-7-8-9-11-14-18(20-2)17-21-19-15-12-10-13-16-19/h10,12-13,15-16,18H,3-9,11,14,17H2,1-2H3. The van der Waals surface area contributed by atoms with Gasteiger partial charge in [-0.05, 0) is 0 Å². The van der Waals surface area contributed by atoms with Crippen LogP contribution in [0.5, 0.6) is 0 Å². The molecule has 0 N–H and O–H groups in total. The number of unbranched alkanes of at least 4 members (excludes halogenated alkanes) is 7. The van der Waals surface area contributed by atoms with E-state index < -0.39 is 0 Å². The van der Waals surface area contributed by atoms with Gasteiger partial charge in [-0.3, -0.25) is 0 Å². The van der Waals surface area contributed by atoms with E-state index in [1.54, 1.807) is 0 Å². The summed E-state index contributed by atoms with van der Waals surface area (Å²) < 4.78 is 7.14. The number of benzene rings is 1. The van der Waals surface area contributed by atoms with Gasteiger partial charge in [0, 0.05) is 0 Å². The van der Waals surface area contributed by atoms with Gasteiger partial charge in [0.2, 0.25) is 0 Å². The van der Waals surface area contributed by atoms with Crippen molar-refractivity contribution in [1.82, 2.24) is 0 Å². The maximum absolute atomic E-state index is 5.65. The summed E-state index contributed by atoms with van der Waals surface area (Å²) in [6.45, 7) is 2.28. The van der Waals surface area contributed by atoms with E-state index in [0.717, 1.165) is 0 Å². The average Bonchev–Trinajstić information content (AvgIpc) is 2.54. The zero-order valence-electron chi connectivity index (χ0n) is 13.9.